The second-order valence-corrected chi connectivity index (χ2v) is 8.67. The third kappa shape index (κ3) is 2.70. The Hall–Kier alpha value is -1.89. The molecule has 1 aliphatic rings. The zero-order valence-electron chi connectivity index (χ0n) is 15.8. The molecule has 0 heterocycles. The van der Waals surface area contributed by atoms with Gasteiger partial charge < -0.3 is 0 Å². The highest BCUT2D eigenvalue weighted by Gasteiger charge is 2.37. The van der Waals surface area contributed by atoms with Crippen molar-refractivity contribution in [2.45, 2.75) is 65.2 Å². The average molecular weight is 320 g/mol. The quantitative estimate of drug-likeness (QED) is 0.608. The molecule has 0 N–H and O–H groups in total. The van der Waals surface area contributed by atoms with Gasteiger partial charge >= 0.3 is 0 Å². The molecule has 0 amide bonds. The minimum atomic E-state index is 0.212. The smallest absolute Gasteiger partial charge is 0.150 e. The van der Waals surface area contributed by atoms with Crippen LogP contribution in [0.2, 0.25) is 0 Å². The summed E-state index contributed by atoms with van der Waals surface area (Å²) in [6, 6.07) is 10.8. The standard InChI is InChI=1S/C23H28O/c1-15-11-17(14-24)7-8-18(15)19-13-21-20(12-16(19)2)22(3,4)9-10-23(21,5)6/h7-8,11-14H,9-10H2,1-6H3. The molecule has 24 heavy (non-hydrogen) atoms. The first kappa shape index (κ1) is 17.0. The van der Waals surface area contributed by atoms with Crippen LogP contribution in [0.5, 0.6) is 0 Å². The van der Waals surface area contributed by atoms with Crippen LogP contribution >= 0.6 is 0 Å². The summed E-state index contributed by atoms with van der Waals surface area (Å²) < 4.78 is 0. The highest BCUT2D eigenvalue weighted by atomic mass is 16.1. The zero-order chi connectivity index (χ0) is 17.7. The van der Waals surface area contributed by atoms with Crippen LogP contribution in [-0.2, 0) is 10.8 Å². The molecule has 0 aliphatic heterocycles. The Morgan fingerprint density at radius 1 is 0.792 bits per heavy atom. The van der Waals surface area contributed by atoms with Gasteiger partial charge in [-0.1, -0.05) is 52.0 Å². The van der Waals surface area contributed by atoms with Crippen molar-refractivity contribution in [2.24, 2.45) is 0 Å². The molecule has 2 aromatic rings. The Labute approximate surface area is 146 Å². The molecule has 2 aromatic carbocycles. The molecule has 0 saturated heterocycles. The van der Waals surface area contributed by atoms with E-state index in [1.807, 2.05) is 12.1 Å². The van der Waals surface area contributed by atoms with Gasteiger partial charge in [-0.2, -0.15) is 0 Å². The molecule has 0 bridgehead atoms. The van der Waals surface area contributed by atoms with Crippen LogP contribution in [0, 0.1) is 13.8 Å². The van der Waals surface area contributed by atoms with Crippen LogP contribution in [0.4, 0.5) is 0 Å². The first-order chi connectivity index (χ1) is 11.2. The summed E-state index contributed by atoms with van der Waals surface area (Å²) in [6.45, 7) is 13.8. The summed E-state index contributed by atoms with van der Waals surface area (Å²) in [5, 5.41) is 0. The van der Waals surface area contributed by atoms with E-state index in [9.17, 15) is 4.79 Å². The van der Waals surface area contributed by atoms with E-state index < -0.39 is 0 Å². The number of aryl methyl sites for hydroxylation is 2. The number of hydrogen-bond acceptors (Lipinski definition) is 1. The lowest BCUT2D eigenvalue weighted by atomic mass is 9.62. The van der Waals surface area contributed by atoms with Gasteiger partial charge in [-0.05, 0) is 77.0 Å². The molecule has 0 saturated carbocycles. The van der Waals surface area contributed by atoms with E-state index in [4.69, 9.17) is 0 Å². The maximum absolute atomic E-state index is 11.0. The lowest BCUT2D eigenvalue weighted by Crippen LogP contribution is -2.34. The Bertz CT molecular complexity index is 809. The molecular formula is C23H28O. The van der Waals surface area contributed by atoms with E-state index in [0.717, 1.165) is 17.4 Å². The van der Waals surface area contributed by atoms with E-state index in [2.05, 4.69) is 59.7 Å². The van der Waals surface area contributed by atoms with Gasteiger partial charge in [-0.25, -0.2) is 0 Å². The second kappa shape index (κ2) is 5.58. The highest BCUT2D eigenvalue weighted by Crippen LogP contribution is 2.47. The first-order valence-corrected chi connectivity index (χ1v) is 8.87. The van der Waals surface area contributed by atoms with Gasteiger partial charge in [-0.15, -0.1) is 0 Å². The minimum absolute atomic E-state index is 0.212. The largest absolute Gasteiger partial charge is 0.298 e. The summed E-state index contributed by atoms with van der Waals surface area (Å²) in [6.07, 6.45) is 3.37. The number of benzene rings is 2. The van der Waals surface area contributed by atoms with Gasteiger partial charge in [0, 0.05) is 5.56 Å². The van der Waals surface area contributed by atoms with Crippen LogP contribution in [0.3, 0.4) is 0 Å². The van der Waals surface area contributed by atoms with Crippen molar-refractivity contribution in [1.82, 2.24) is 0 Å². The fraction of sp³-hybridized carbons (Fsp3) is 0.435. The lowest BCUT2D eigenvalue weighted by molar-refractivity contribution is 0.112. The average Bonchev–Trinajstić information content (AvgIpc) is 2.52. The van der Waals surface area contributed by atoms with Crippen molar-refractivity contribution in [3.8, 4) is 11.1 Å². The van der Waals surface area contributed by atoms with Gasteiger partial charge in [-0.3, -0.25) is 4.79 Å². The number of fused-ring (bicyclic) bond motifs is 1. The van der Waals surface area contributed by atoms with E-state index >= 15 is 0 Å². The molecule has 126 valence electrons. The molecule has 0 aromatic heterocycles. The maximum Gasteiger partial charge on any atom is 0.150 e. The summed E-state index contributed by atoms with van der Waals surface area (Å²) in [4.78, 5) is 11.0. The third-order valence-corrected chi connectivity index (χ3v) is 5.87. The predicted octanol–water partition coefficient (Wildman–Crippen LogP) is 6.13. The summed E-state index contributed by atoms with van der Waals surface area (Å²) in [7, 11) is 0. The van der Waals surface area contributed by atoms with E-state index in [-0.39, 0.29) is 10.8 Å². The normalized spacial score (nSPS) is 18.1. The number of hydrogen-bond donors (Lipinski definition) is 0. The minimum Gasteiger partial charge on any atom is -0.298 e. The highest BCUT2D eigenvalue weighted by molar-refractivity contribution is 5.80. The summed E-state index contributed by atoms with van der Waals surface area (Å²) >= 11 is 0. The van der Waals surface area contributed by atoms with Crippen molar-refractivity contribution in [3.63, 3.8) is 0 Å². The summed E-state index contributed by atoms with van der Waals surface area (Å²) in [5.74, 6) is 0. The number of aldehydes is 1. The number of rotatable bonds is 2. The molecule has 3 rings (SSSR count). The fourth-order valence-corrected chi connectivity index (χ4v) is 4.07. The monoisotopic (exact) mass is 320 g/mol. The SMILES string of the molecule is Cc1cc(C=O)ccc1-c1cc2c(cc1C)C(C)(C)CCC2(C)C. The molecule has 0 atom stereocenters. The van der Waals surface area contributed by atoms with Crippen molar-refractivity contribution >= 4 is 6.29 Å². The van der Waals surface area contributed by atoms with E-state index in [1.54, 1.807) is 0 Å². The number of carbonyl (C=O) groups is 1. The van der Waals surface area contributed by atoms with Gasteiger partial charge in [0.25, 0.3) is 0 Å². The van der Waals surface area contributed by atoms with Crippen molar-refractivity contribution in [1.29, 1.82) is 0 Å². The Kier molecular flexibility index (Phi) is 3.94. The first-order valence-electron chi connectivity index (χ1n) is 8.87. The zero-order valence-corrected chi connectivity index (χ0v) is 15.8. The van der Waals surface area contributed by atoms with Gasteiger partial charge in [0.05, 0.1) is 0 Å². The van der Waals surface area contributed by atoms with Crippen LogP contribution < -0.4 is 0 Å². The summed E-state index contributed by atoms with van der Waals surface area (Å²) in [5.41, 5.74) is 9.20. The van der Waals surface area contributed by atoms with Crippen LogP contribution in [0.1, 0.15) is 73.1 Å². The molecule has 0 unspecified atom stereocenters. The molecule has 0 fully saturated rings. The molecule has 0 spiro atoms. The second-order valence-electron chi connectivity index (χ2n) is 8.67. The topological polar surface area (TPSA) is 17.1 Å². The lowest BCUT2D eigenvalue weighted by Gasteiger charge is -2.42. The Morgan fingerprint density at radius 3 is 1.88 bits per heavy atom. The van der Waals surface area contributed by atoms with E-state index in [1.165, 1.54) is 40.7 Å². The third-order valence-electron chi connectivity index (χ3n) is 5.87. The van der Waals surface area contributed by atoms with Crippen molar-refractivity contribution < 1.29 is 4.79 Å². The molecule has 1 heteroatoms. The molecule has 1 aliphatic carbocycles. The molecule has 1 nitrogen and oxygen atoms in total. The Morgan fingerprint density at radius 2 is 1.33 bits per heavy atom. The Balaban J connectivity index is 2.23. The van der Waals surface area contributed by atoms with Crippen molar-refractivity contribution in [3.05, 3.63) is 58.1 Å². The predicted molar refractivity (Wildman–Crippen MR) is 102 cm³/mol. The van der Waals surface area contributed by atoms with Gasteiger partial charge in [0.15, 0.2) is 0 Å². The number of carbonyl (C=O) groups excluding carboxylic acids is 1. The van der Waals surface area contributed by atoms with Crippen molar-refractivity contribution in [2.75, 3.05) is 0 Å². The molecule has 0 radical (unpaired) electrons. The van der Waals surface area contributed by atoms with Crippen LogP contribution in [-0.4, -0.2) is 6.29 Å². The van der Waals surface area contributed by atoms with Crippen LogP contribution in [0.15, 0.2) is 30.3 Å². The maximum atomic E-state index is 11.0. The van der Waals surface area contributed by atoms with Gasteiger partial charge in [0.1, 0.15) is 6.29 Å². The van der Waals surface area contributed by atoms with E-state index in [0.29, 0.717) is 0 Å². The fourth-order valence-electron chi connectivity index (χ4n) is 4.07. The van der Waals surface area contributed by atoms with Crippen LogP contribution in [0.25, 0.3) is 11.1 Å². The molecular weight excluding hydrogens is 292 g/mol. The van der Waals surface area contributed by atoms with Gasteiger partial charge in [0.2, 0.25) is 0 Å².